The Balaban J connectivity index is 0.000000317. The Labute approximate surface area is 216 Å². The third-order valence-electron chi connectivity index (χ3n) is 5.48. The lowest BCUT2D eigenvalue weighted by atomic mass is 9.82. The molecule has 214 valence electrons. The monoisotopic (exact) mass is 567 g/mol. The summed E-state index contributed by atoms with van der Waals surface area (Å²) in [5.74, 6) is -4.51. The normalized spacial score (nSPS) is 20.8. The predicted octanol–water partition coefficient (Wildman–Crippen LogP) is 2.47. The van der Waals surface area contributed by atoms with Crippen molar-refractivity contribution in [1.29, 1.82) is 0 Å². The van der Waals surface area contributed by atoms with Gasteiger partial charge in [-0.25, -0.2) is 14.6 Å². The first-order chi connectivity index (χ1) is 18.2. The number of nitrogens with one attached hydrogen (secondary N) is 1. The van der Waals surface area contributed by atoms with Crippen LogP contribution in [0.25, 0.3) is 0 Å². The molecule has 0 saturated carbocycles. The lowest BCUT2D eigenvalue weighted by molar-refractivity contribution is -0.193. The topological polar surface area (TPSA) is 155 Å². The molecule has 1 amide bonds. The Hall–Kier alpha value is -3.86. The number of aromatic nitrogens is 3. The number of amides is 1. The van der Waals surface area contributed by atoms with Crippen LogP contribution in [0.5, 0.6) is 0 Å². The fourth-order valence-corrected chi connectivity index (χ4v) is 3.82. The number of hydrogen-bond acceptors (Lipinski definition) is 8. The summed E-state index contributed by atoms with van der Waals surface area (Å²) in [6, 6.07) is 4.04. The fraction of sp³-hybridized carbons (Fsp3) is 0.455. The van der Waals surface area contributed by atoms with Crippen LogP contribution >= 0.6 is 0 Å². The lowest BCUT2D eigenvalue weighted by Crippen LogP contribution is -2.42. The van der Waals surface area contributed by atoms with Gasteiger partial charge in [-0.3, -0.25) is 19.7 Å². The Bertz CT molecular complexity index is 1070. The summed E-state index contributed by atoms with van der Waals surface area (Å²) in [4.78, 5) is 45.2. The van der Waals surface area contributed by atoms with Crippen molar-refractivity contribution in [3.8, 4) is 0 Å². The maximum atomic E-state index is 12.7. The van der Waals surface area contributed by atoms with E-state index in [0.717, 1.165) is 26.2 Å². The highest BCUT2D eigenvalue weighted by atomic mass is 19.4. The van der Waals surface area contributed by atoms with E-state index >= 15 is 0 Å². The zero-order valence-electron chi connectivity index (χ0n) is 19.9. The summed E-state index contributed by atoms with van der Waals surface area (Å²) in [6.45, 7) is 3.91. The molecule has 0 radical (unpaired) electrons. The standard InChI is InChI=1S/C18H21N5O2.2C2HF3O2/c24-18(22-17-7-20-4-5-21-17)16-12-25-11-14-9-23(10-15(14)16)8-13-2-1-3-19-6-13;2*3-2(4,5)1(6)7/h1-7,14-16H,8-12H2,(H,21,22,24);2*(H,6,7)/t14-,15-,16+;;/m1../s1. The highest BCUT2D eigenvalue weighted by molar-refractivity contribution is 5.92. The van der Waals surface area contributed by atoms with Gasteiger partial charge in [0.25, 0.3) is 0 Å². The maximum Gasteiger partial charge on any atom is 0.490 e. The van der Waals surface area contributed by atoms with Crippen molar-refractivity contribution >= 4 is 23.7 Å². The van der Waals surface area contributed by atoms with E-state index in [1.54, 1.807) is 24.8 Å². The summed E-state index contributed by atoms with van der Waals surface area (Å²) in [5, 5.41) is 17.1. The van der Waals surface area contributed by atoms with Gasteiger partial charge in [0.2, 0.25) is 5.91 Å². The smallest absolute Gasteiger partial charge is 0.475 e. The molecule has 3 atom stereocenters. The van der Waals surface area contributed by atoms with E-state index < -0.39 is 24.3 Å². The minimum atomic E-state index is -5.08. The molecule has 2 saturated heterocycles. The summed E-state index contributed by atoms with van der Waals surface area (Å²) in [7, 11) is 0. The molecule has 17 heteroatoms. The minimum absolute atomic E-state index is 0.0292. The number of anilines is 1. The minimum Gasteiger partial charge on any atom is -0.475 e. The highest BCUT2D eigenvalue weighted by Gasteiger charge is 2.44. The van der Waals surface area contributed by atoms with Crippen LogP contribution in [0.3, 0.4) is 0 Å². The zero-order chi connectivity index (χ0) is 29.2. The predicted molar refractivity (Wildman–Crippen MR) is 119 cm³/mol. The van der Waals surface area contributed by atoms with Gasteiger partial charge < -0.3 is 20.3 Å². The number of carbonyl (C=O) groups excluding carboxylic acids is 1. The fourth-order valence-electron chi connectivity index (χ4n) is 3.82. The number of rotatable bonds is 4. The molecule has 2 aliphatic rings. The quantitative estimate of drug-likeness (QED) is 0.470. The second kappa shape index (κ2) is 13.8. The molecule has 4 heterocycles. The van der Waals surface area contributed by atoms with Crippen LogP contribution < -0.4 is 5.32 Å². The Morgan fingerprint density at radius 1 is 0.949 bits per heavy atom. The number of ether oxygens (including phenoxy) is 1. The molecule has 3 N–H and O–H groups in total. The van der Waals surface area contributed by atoms with Crippen LogP contribution in [-0.4, -0.2) is 86.6 Å². The number of fused-ring (bicyclic) bond motifs is 1. The van der Waals surface area contributed by atoms with Crippen molar-refractivity contribution in [3.05, 3.63) is 48.7 Å². The molecule has 2 aromatic rings. The van der Waals surface area contributed by atoms with E-state index in [-0.39, 0.29) is 11.8 Å². The summed E-state index contributed by atoms with van der Waals surface area (Å²) in [6.07, 6.45) is -1.77. The first kappa shape index (κ1) is 31.4. The molecular formula is C22H23F6N5O6. The van der Waals surface area contributed by atoms with E-state index in [0.29, 0.717) is 24.3 Å². The molecule has 0 spiro atoms. The molecule has 11 nitrogen and oxygen atoms in total. The number of carboxylic acid groups (broad SMARTS) is 2. The van der Waals surface area contributed by atoms with Crippen LogP contribution in [-0.2, 0) is 25.7 Å². The van der Waals surface area contributed by atoms with Crippen molar-refractivity contribution in [2.24, 2.45) is 17.8 Å². The molecule has 2 aromatic heterocycles. The number of carboxylic acids is 2. The molecule has 0 bridgehead atoms. The number of pyridine rings is 1. The van der Waals surface area contributed by atoms with Crippen molar-refractivity contribution in [3.63, 3.8) is 0 Å². The second-order valence-corrected chi connectivity index (χ2v) is 8.31. The molecule has 0 unspecified atom stereocenters. The van der Waals surface area contributed by atoms with Gasteiger partial charge >= 0.3 is 24.3 Å². The number of hydrogen-bond donors (Lipinski definition) is 3. The van der Waals surface area contributed by atoms with Gasteiger partial charge in [0.05, 0.1) is 25.3 Å². The lowest BCUT2D eigenvalue weighted by Gasteiger charge is -2.31. The molecule has 0 aliphatic carbocycles. The number of carbonyl (C=O) groups is 3. The number of aliphatic carboxylic acids is 2. The van der Waals surface area contributed by atoms with Crippen LogP contribution in [0.4, 0.5) is 32.2 Å². The molecule has 39 heavy (non-hydrogen) atoms. The highest BCUT2D eigenvalue weighted by Crippen LogP contribution is 2.35. The zero-order valence-corrected chi connectivity index (χ0v) is 19.9. The average molecular weight is 567 g/mol. The Morgan fingerprint density at radius 2 is 1.56 bits per heavy atom. The SMILES string of the molecule is O=C(Nc1cnccn1)[C@H]1COC[C@H]2CN(Cc3cccnc3)C[C@H]21.O=C(O)C(F)(F)F.O=C(O)C(F)(F)F. The van der Waals surface area contributed by atoms with Crippen LogP contribution in [0.15, 0.2) is 43.1 Å². The van der Waals surface area contributed by atoms with E-state index in [2.05, 4.69) is 31.2 Å². The van der Waals surface area contributed by atoms with Gasteiger partial charge in [-0.05, 0) is 23.5 Å². The van der Waals surface area contributed by atoms with E-state index in [4.69, 9.17) is 24.5 Å². The third-order valence-corrected chi connectivity index (χ3v) is 5.48. The van der Waals surface area contributed by atoms with Crippen molar-refractivity contribution in [2.75, 3.05) is 31.6 Å². The van der Waals surface area contributed by atoms with Crippen LogP contribution in [0, 0.1) is 17.8 Å². The maximum absolute atomic E-state index is 12.7. The number of alkyl halides is 6. The Morgan fingerprint density at radius 3 is 2.08 bits per heavy atom. The number of halogens is 6. The van der Waals surface area contributed by atoms with E-state index in [1.807, 2.05) is 12.3 Å². The average Bonchev–Trinajstić information content (AvgIpc) is 3.27. The largest absolute Gasteiger partial charge is 0.490 e. The summed E-state index contributed by atoms with van der Waals surface area (Å²) < 4.78 is 69.2. The first-order valence-electron chi connectivity index (χ1n) is 11.0. The van der Waals surface area contributed by atoms with E-state index in [9.17, 15) is 31.1 Å². The molecule has 2 aliphatic heterocycles. The summed E-state index contributed by atoms with van der Waals surface area (Å²) in [5.41, 5.74) is 1.20. The molecular weight excluding hydrogens is 544 g/mol. The third kappa shape index (κ3) is 10.4. The molecule has 4 rings (SSSR count). The second-order valence-electron chi connectivity index (χ2n) is 8.31. The Kier molecular flexibility index (Phi) is 11.1. The van der Waals surface area contributed by atoms with Gasteiger partial charge in [-0.2, -0.15) is 26.3 Å². The van der Waals surface area contributed by atoms with Crippen LogP contribution in [0.2, 0.25) is 0 Å². The molecule has 2 fully saturated rings. The van der Waals surface area contributed by atoms with Gasteiger partial charge in [-0.15, -0.1) is 0 Å². The number of nitrogens with zero attached hydrogens (tertiary/aromatic N) is 4. The van der Waals surface area contributed by atoms with Crippen molar-refractivity contribution in [1.82, 2.24) is 19.9 Å². The van der Waals surface area contributed by atoms with Crippen molar-refractivity contribution < 1.29 is 55.7 Å². The first-order valence-corrected chi connectivity index (χ1v) is 11.0. The van der Waals surface area contributed by atoms with E-state index in [1.165, 1.54) is 5.56 Å². The van der Waals surface area contributed by atoms with Gasteiger partial charge in [0.15, 0.2) is 5.82 Å². The van der Waals surface area contributed by atoms with Gasteiger partial charge in [-0.1, -0.05) is 6.07 Å². The van der Waals surface area contributed by atoms with Gasteiger partial charge in [0.1, 0.15) is 0 Å². The summed E-state index contributed by atoms with van der Waals surface area (Å²) >= 11 is 0. The number of likely N-dealkylation sites (tertiary alicyclic amines) is 1. The van der Waals surface area contributed by atoms with Crippen molar-refractivity contribution in [2.45, 2.75) is 18.9 Å². The van der Waals surface area contributed by atoms with Gasteiger partial charge in [0, 0.05) is 44.4 Å². The van der Waals surface area contributed by atoms with Crippen LogP contribution in [0.1, 0.15) is 5.56 Å². The molecule has 0 aromatic carbocycles.